The van der Waals surface area contributed by atoms with Crippen molar-refractivity contribution in [2.24, 2.45) is 11.7 Å². The normalized spacial score (nSPS) is 18.5. The van der Waals surface area contributed by atoms with E-state index in [0.717, 1.165) is 31.4 Å². The molecule has 0 aromatic heterocycles. The van der Waals surface area contributed by atoms with Crippen LogP contribution in [0.1, 0.15) is 31.2 Å². The van der Waals surface area contributed by atoms with Gasteiger partial charge in [-0.15, -0.1) is 0 Å². The zero-order valence-electron chi connectivity index (χ0n) is 12.1. The zero-order valence-corrected chi connectivity index (χ0v) is 12.1. The maximum atomic E-state index is 12.3. The van der Waals surface area contributed by atoms with E-state index in [0.29, 0.717) is 25.3 Å². The van der Waals surface area contributed by atoms with E-state index in [1.165, 1.54) is 0 Å². The molecule has 1 fully saturated rings. The highest BCUT2D eigenvalue weighted by Crippen LogP contribution is 2.22. The van der Waals surface area contributed by atoms with Crippen LogP contribution in [0.5, 0.6) is 5.75 Å². The first kappa shape index (κ1) is 15.4. The summed E-state index contributed by atoms with van der Waals surface area (Å²) in [5.41, 5.74) is 6.00. The molecule has 2 rings (SSSR count). The van der Waals surface area contributed by atoms with Crippen LogP contribution >= 0.6 is 0 Å². The number of benzene rings is 1. The molecule has 5 heteroatoms. The Morgan fingerprint density at radius 1 is 1.38 bits per heavy atom. The molecule has 0 spiro atoms. The zero-order chi connectivity index (χ0) is 15.2. The lowest BCUT2D eigenvalue weighted by atomic mass is 9.93. The fourth-order valence-electron chi connectivity index (χ4n) is 2.83. The fraction of sp³-hybridized carbons (Fsp3) is 0.500. The maximum absolute atomic E-state index is 12.3. The van der Waals surface area contributed by atoms with Crippen molar-refractivity contribution in [3.8, 4) is 5.75 Å². The number of likely N-dealkylation sites (tertiary alicyclic amines) is 1. The summed E-state index contributed by atoms with van der Waals surface area (Å²) < 4.78 is 0. The van der Waals surface area contributed by atoms with Crippen LogP contribution in [0, 0.1) is 5.92 Å². The molecule has 0 saturated carbocycles. The number of piperidine rings is 1. The van der Waals surface area contributed by atoms with Crippen LogP contribution in [0.15, 0.2) is 24.3 Å². The van der Waals surface area contributed by atoms with Gasteiger partial charge in [-0.25, -0.2) is 0 Å². The third-order valence-corrected chi connectivity index (χ3v) is 3.94. The first-order valence-corrected chi connectivity index (χ1v) is 7.38. The Morgan fingerprint density at radius 3 is 2.90 bits per heavy atom. The number of hydrogen-bond acceptors (Lipinski definition) is 3. The molecule has 2 amide bonds. The van der Waals surface area contributed by atoms with Crippen molar-refractivity contribution in [3.63, 3.8) is 0 Å². The number of phenols is 1. The Hall–Kier alpha value is -2.04. The highest BCUT2D eigenvalue weighted by molar-refractivity contribution is 5.79. The second-order valence-electron chi connectivity index (χ2n) is 5.70. The van der Waals surface area contributed by atoms with Gasteiger partial charge in [-0.1, -0.05) is 12.1 Å². The number of amides is 2. The maximum Gasteiger partial charge on any atom is 0.227 e. The molecule has 1 aromatic carbocycles. The lowest BCUT2D eigenvalue weighted by Crippen LogP contribution is -2.40. The summed E-state index contributed by atoms with van der Waals surface area (Å²) in [7, 11) is 0. The molecule has 114 valence electrons. The molecule has 1 heterocycles. The number of nitrogens with two attached hydrogens (primary N) is 1. The van der Waals surface area contributed by atoms with E-state index in [4.69, 9.17) is 5.73 Å². The minimum absolute atomic E-state index is 0.0735. The van der Waals surface area contributed by atoms with Gasteiger partial charge in [0, 0.05) is 19.5 Å². The van der Waals surface area contributed by atoms with E-state index >= 15 is 0 Å². The highest BCUT2D eigenvalue weighted by Gasteiger charge is 2.23. The van der Waals surface area contributed by atoms with Gasteiger partial charge in [-0.2, -0.15) is 0 Å². The summed E-state index contributed by atoms with van der Waals surface area (Å²) in [4.78, 5) is 25.0. The summed E-state index contributed by atoms with van der Waals surface area (Å²) in [6, 6.07) is 6.79. The van der Waals surface area contributed by atoms with Crippen molar-refractivity contribution in [3.05, 3.63) is 29.8 Å². The molecule has 5 nitrogen and oxygen atoms in total. The number of carbonyl (C=O) groups excluding carboxylic acids is 2. The molecule has 1 atom stereocenters. The number of phenolic OH excluding ortho intramolecular Hbond substituents is 1. The number of hydrogen-bond donors (Lipinski definition) is 2. The van der Waals surface area contributed by atoms with Crippen LogP contribution in [0.4, 0.5) is 0 Å². The summed E-state index contributed by atoms with van der Waals surface area (Å²) in [6.07, 6.45) is 3.46. The monoisotopic (exact) mass is 290 g/mol. The summed E-state index contributed by atoms with van der Waals surface area (Å²) in [6.45, 7) is 1.47. The van der Waals surface area contributed by atoms with Crippen molar-refractivity contribution in [1.29, 1.82) is 0 Å². The van der Waals surface area contributed by atoms with Gasteiger partial charge in [-0.05, 0) is 42.9 Å². The van der Waals surface area contributed by atoms with Crippen LogP contribution in [-0.2, 0) is 16.0 Å². The number of nitrogens with zero attached hydrogens (tertiary/aromatic N) is 1. The minimum atomic E-state index is -0.279. The predicted molar refractivity (Wildman–Crippen MR) is 79.5 cm³/mol. The Kier molecular flexibility index (Phi) is 5.20. The van der Waals surface area contributed by atoms with Crippen molar-refractivity contribution >= 4 is 11.8 Å². The standard InChI is InChI=1S/C16H22N2O3/c17-15(20)7-6-12-4-2-8-18(11-12)16(21)10-13-3-1-5-14(19)9-13/h1,3,5,9,12,19H,2,4,6-8,10-11H2,(H2,17,20)/t12-/m1/s1. The molecule has 1 saturated heterocycles. The van der Waals surface area contributed by atoms with E-state index in [9.17, 15) is 14.7 Å². The van der Waals surface area contributed by atoms with Crippen molar-refractivity contribution in [2.45, 2.75) is 32.1 Å². The molecular weight excluding hydrogens is 268 g/mol. The van der Waals surface area contributed by atoms with Gasteiger partial charge in [0.05, 0.1) is 6.42 Å². The fourth-order valence-corrected chi connectivity index (χ4v) is 2.83. The van der Waals surface area contributed by atoms with E-state index in [-0.39, 0.29) is 17.6 Å². The summed E-state index contributed by atoms with van der Waals surface area (Å²) in [5, 5.41) is 9.43. The summed E-state index contributed by atoms with van der Waals surface area (Å²) in [5.74, 6) is 0.334. The van der Waals surface area contributed by atoms with Crippen LogP contribution in [0.2, 0.25) is 0 Å². The average molecular weight is 290 g/mol. The molecule has 0 aliphatic carbocycles. The van der Waals surface area contributed by atoms with E-state index in [2.05, 4.69) is 0 Å². The van der Waals surface area contributed by atoms with Gasteiger partial charge < -0.3 is 15.7 Å². The Bertz CT molecular complexity index is 516. The van der Waals surface area contributed by atoms with Crippen molar-refractivity contribution in [2.75, 3.05) is 13.1 Å². The highest BCUT2D eigenvalue weighted by atomic mass is 16.3. The Balaban J connectivity index is 1.88. The van der Waals surface area contributed by atoms with Gasteiger partial charge in [0.25, 0.3) is 0 Å². The molecular formula is C16H22N2O3. The second kappa shape index (κ2) is 7.11. The molecule has 0 bridgehead atoms. The molecule has 1 aliphatic rings. The molecule has 1 aromatic rings. The van der Waals surface area contributed by atoms with Gasteiger partial charge in [0.1, 0.15) is 5.75 Å². The Morgan fingerprint density at radius 2 is 2.19 bits per heavy atom. The average Bonchev–Trinajstić information content (AvgIpc) is 2.45. The number of rotatable bonds is 5. The van der Waals surface area contributed by atoms with Crippen molar-refractivity contribution in [1.82, 2.24) is 4.90 Å². The van der Waals surface area contributed by atoms with E-state index < -0.39 is 0 Å². The van der Waals surface area contributed by atoms with Crippen LogP contribution in [0.25, 0.3) is 0 Å². The SMILES string of the molecule is NC(=O)CC[C@H]1CCCN(C(=O)Cc2cccc(O)c2)C1. The van der Waals surface area contributed by atoms with Crippen LogP contribution in [0.3, 0.4) is 0 Å². The van der Waals surface area contributed by atoms with Gasteiger partial charge in [-0.3, -0.25) is 9.59 Å². The third kappa shape index (κ3) is 4.77. The topological polar surface area (TPSA) is 83.6 Å². The number of aromatic hydroxyl groups is 1. The lowest BCUT2D eigenvalue weighted by Gasteiger charge is -2.32. The molecule has 21 heavy (non-hydrogen) atoms. The molecule has 1 aliphatic heterocycles. The minimum Gasteiger partial charge on any atom is -0.508 e. The second-order valence-corrected chi connectivity index (χ2v) is 5.70. The number of primary amides is 1. The van der Waals surface area contributed by atoms with E-state index in [1.807, 2.05) is 11.0 Å². The van der Waals surface area contributed by atoms with Crippen LogP contribution in [-0.4, -0.2) is 34.9 Å². The third-order valence-electron chi connectivity index (χ3n) is 3.94. The summed E-state index contributed by atoms with van der Waals surface area (Å²) >= 11 is 0. The molecule has 0 radical (unpaired) electrons. The largest absolute Gasteiger partial charge is 0.508 e. The quantitative estimate of drug-likeness (QED) is 0.860. The van der Waals surface area contributed by atoms with Crippen molar-refractivity contribution < 1.29 is 14.7 Å². The van der Waals surface area contributed by atoms with Gasteiger partial charge >= 0.3 is 0 Å². The van der Waals surface area contributed by atoms with Gasteiger partial charge in [0.2, 0.25) is 11.8 Å². The van der Waals surface area contributed by atoms with Gasteiger partial charge in [0.15, 0.2) is 0 Å². The number of carbonyl (C=O) groups is 2. The predicted octanol–water partition coefficient (Wildman–Crippen LogP) is 1.44. The molecule has 3 N–H and O–H groups in total. The van der Waals surface area contributed by atoms with E-state index in [1.54, 1.807) is 18.2 Å². The molecule has 0 unspecified atom stereocenters. The Labute approximate surface area is 124 Å². The van der Waals surface area contributed by atoms with Crippen LogP contribution < -0.4 is 5.73 Å². The first-order valence-electron chi connectivity index (χ1n) is 7.38. The lowest BCUT2D eigenvalue weighted by molar-refractivity contribution is -0.132. The first-order chi connectivity index (χ1) is 10.0. The smallest absolute Gasteiger partial charge is 0.227 e.